The van der Waals surface area contributed by atoms with Crippen LogP contribution >= 0.6 is 12.2 Å². The zero-order valence-electron chi connectivity index (χ0n) is 13.2. The summed E-state index contributed by atoms with van der Waals surface area (Å²) in [4.78, 5) is 34.1. The van der Waals surface area contributed by atoms with Gasteiger partial charge in [0.1, 0.15) is 0 Å². The topological polar surface area (TPSA) is 126 Å². The predicted molar refractivity (Wildman–Crippen MR) is 80.9 cm³/mol. The van der Waals surface area contributed by atoms with E-state index in [9.17, 15) is 14.4 Å². The van der Waals surface area contributed by atoms with Crippen molar-refractivity contribution in [1.82, 2.24) is 5.32 Å². The number of hydrogen-bond acceptors (Lipinski definition) is 8. The van der Waals surface area contributed by atoms with Gasteiger partial charge in [-0.3, -0.25) is 14.4 Å². The summed E-state index contributed by atoms with van der Waals surface area (Å²) in [6.45, 7) is 5.19. The Hall–Kier alpha value is -1.94. The van der Waals surface area contributed by atoms with Gasteiger partial charge in [-0.15, -0.1) is 0 Å². The lowest BCUT2D eigenvalue weighted by Crippen LogP contribution is -2.65. The first-order valence-corrected chi connectivity index (χ1v) is 7.25. The molecule has 0 aromatic heterocycles. The van der Waals surface area contributed by atoms with Crippen molar-refractivity contribution >= 4 is 35.2 Å². The van der Waals surface area contributed by atoms with Crippen molar-refractivity contribution in [2.45, 2.75) is 58.3 Å². The third-order valence-electron chi connectivity index (χ3n) is 2.96. The number of rotatable bonds is 4. The van der Waals surface area contributed by atoms with Gasteiger partial charge < -0.3 is 30.0 Å². The molecule has 1 fully saturated rings. The molecule has 1 rings (SSSR count). The number of carbonyl (C=O) groups is 3. The molecule has 0 unspecified atom stereocenters. The van der Waals surface area contributed by atoms with E-state index in [1.54, 1.807) is 6.92 Å². The van der Waals surface area contributed by atoms with Gasteiger partial charge in [0, 0.05) is 20.8 Å². The van der Waals surface area contributed by atoms with E-state index >= 15 is 0 Å². The fraction of sp³-hybridized carbons (Fsp3) is 0.692. The molecular weight excluding hydrogens is 328 g/mol. The molecular formula is C13H20N2O7S. The van der Waals surface area contributed by atoms with Crippen LogP contribution in [0.3, 0.4) is 0 Å². The molecule has 0 aromatic rings. The Labute approximate surface area is 138 Å². The third-order valence-corrected chi connectivity index (χ3v) is 3.08. The van der Waals surface area contributed by atoms with Gasteiger partial charge >= 0.3 is 17.9 Å². The van der Waals surface area contributed by atoms with E-state index in [1.807, 2.05) is 0 Å². The van der Waals surface area contributed by atoms with Gasteiger partial charge in [0.2, 0.25) is 0 Å². The molecule has 1 saturated heterocycles. The van der Waals surface area contributed by atoms with Gasteiger partial charge in [0.05, 0.1) is 6.10 Å². The van der Waals surface area contributed by atoms with Crippen LogP contribution in [-0.2, 0) is 33.3 Å². The first-order chi connectivity index (χ1) is 10.6. The number of ether oxygens (including phenoxy) is 4. The van der Waals surface area contributed by atoms with Crippen molar-refractivity contribution < 1.29 is 33.3 Å². The summed E-state index contributed by atoms with van der Waals surface area (Å²) in [5.74, 6) is -1.86. The molecule has 0 amide bonds. The maximum atomic E-state index is 11.4. The Morgan fingerprint density at radius 3 is 1.83 bits per heavy atom. The molecule has 1 aliphatic heterocycles. The van der Waals surface area contributed by atoms with E-state index < -0.39 is 48.6 Å². The average molecular weight is 348 g/mol. The summed E-state index contributed by atoms with van der Waals surface area (Å²) in [6, 6.07) is 0. The van der Waals surface area contributed by atoms with Gasteiger partial charge in [0.15, 0.2) is 29.7 Å². The largest absolute Gasteiger partial charge is 0.456 e. The molecule has 0 aromatic carbocycles. The Balaban J connectivity index is 3.15. The lowest BCUT2D eigenvalue weighted by atomic mass is 9.98. The van der Waals surface area contributed by atoms with Crippen molar-refractivity contribution in [3.63, 3.8) is 0 Å². The Bertz CT molecular complexity index is 499. The first kappa shape index (κ1) is 19.1. The van der Waals surface area contributed by atoms with E-state index in [0.717, 1.165) is 0 Å². The van der Waals surface area contributed by atoms with Gasteiger partial charge in [0.25, 0.3) is 0 Å². The molecule has 10 heteroatoms. The Morgan fingerprint density at radius 2 is 1.39 bits per heavy atom. The normalized spacial score (nSPS) is 30.0. The molecule has 0 spiro atoms. The fourth-order valence-electron chi connectivity index (χ4n) is 2.27. The molecule has 0 saturated carbocycles. The molecule has 5 atom stereocenters. The minimum atomic E-state index is -1.10. The molecule has 0 radical (unpaired) electrons. The maximum absolute atomic E-state index is 11.4. The summed E-state index contributed by atoms with van der Waals surface area (Å²) in [7, 11) is 0. The van der Waals surface area contributed by atoms with Crippen LogP contribution in [0, 0.1) is 0 Å². The molecule has 23 heavy (non-hydrogen) atoms. The maximum Gasteiger partial charge on any atom is 0.303 e. The quantitative estimate of drug-likeness (QED) is 0.385. The second-order valence-corrected chi connectivity index (χ2v) is 5.43. The number of hydrogen-bond donors (Lipinski definition) is 2. The van der Waals surface area contributed by atoms with Crippen LogP contribution in [0.5, 0.6) is 0 Å². The van der Waals surface area contributed by atoms with E-state index in [0.29, 0.717) is 0 Å². The second-order valence-electron chi connectivity index (χ2n) is 4.99. The van der Waals surface area contributed by atoms with Crippen LogP contribution in [0.4, 0.5) is 0 Å². The summed E-state index contributed by atoms with van der Waals surface area (Å²) < 4.78 is 21.1. The van der Waals surface area contributed by atoms with Crippen molar-refractivity contribution in [2.75, 3.05) is 0 Å². The fourth-order valence-corrected chi connectivity index (χ4v) is 2.39. The molecule has 0 aliphatic carbocycles. The summed E-state index contributed by atoms with van der Waals surface area (Å²) in [5.41, 5.74) is 5.43. The first-order valence-electron chi connectivity index (χ1n) is 6.85. The highest BCUT2D eigenvalue weighted by molar-refractivity contribution is 7.80. The van der Waals surface area contributed by atoms with Crippen LogP contribution in [0.2, 0.25) is 0 Å². The Morgan fingerprint density at radius 1 is 0.957 bits per heavy atom. The number of nitrogens with one attached hydrogen (secondary N) is 1. The van der Waals surface area contributed by atoms with Crippen LogP contribution in [-0.4, -0.2) is 53.7 Å². The SMILES string of the molecule is CC(=O)O[C@@H]1[C@@H](OC(C)=O)[C@H](C)O[C@@H](NC(N)=S)[C@@H]1OC(C)=O. The minimum Gasteiger partial charge on any atom is -0.456 e. The van der Waals surface area contributed by atoms with Gasteiger partial charge in [-0.2, -0.15) is 0 Å². The van der Waals surface area contributed by atoms with Gasteiger partial charge in [-0.05, 0) is 19.1 Å². The third kappa shape index (κ3) is 5.64. The van der Waals surface area contributed by atoms with E-state index in [1.165, 1.54) is 20.8 Å². The van der Waals surface area contributed by atoms with E-state index in [4.69, 9.17) is 36.9 Å². The standard InChI is InChI=1S/C13H20N2O7S/c1-5-9(20-6(2)16)10(21-7(3)17)11(22-8(4)18)12(19-5)15-13(14)23/h5,9-12H,1-4H3,(H3,14,15,23)/t5-,9-,10+,11+,12+/m0/s1. The molecule has 1 aliphatic rings. The van der Waals surface area contributed by atoms with Crippen LogP contribution in [0.15, 0.2) is 0 Å². The predicted octanol–water partition coefficient (Wildman–Crippen LogP) is -0.640. The molecule has 1 heterocycles. The van der Waals surface area contributed by atoms with Gasteiger partial charge in [-0.25, -0.2) is 0 Å². The zero-order chi connectivity index (χ0) is 17.7. The number of nitrogens with two attached hydrogens (primary N) is 1. The van der Waals surface area contributed by atoms with Crippen molar-refractivity contribution in [2.24, 2.45) is 5.73 Å². The van der Waals surface area contributed by atoms with Gasteiger partial charge in [-0.1, -0.05) is 0 Å². The number of carbonyl (C=O) groups excluding carboxylic acids is 3. The molecule has 0 bridgehead atoms. The molecule has 9 nitrogen and oxygen atoms in total. The number of thiocarbonyl (C=S) groups is 1. The van der Waals surface area contributed by atoms with Crippen molar-refractivity contribution in [3.8, 4) is 0 Å². The van der Waals surface area contributed by atoms with E-state index in [-0.39, 0.29) is 5.11 Å². The monoisotopic (exact) mass is 348 g/mol. The molecule has 3 N–H and O–H groups in total. The summed E-state index contributed by atoms with van der Waals surface area (Å²) >= 11 is 4.76. The number of esters is 3. The lowest BCUT2D eigenvalue weighted by molar-refractivity contribution is -0.246. The van der Waals surface area contributed by atoms with Crippen molar-refractivity contribution in [1.29, 1.82) is 0 Å². The zero-order valence-corrected chi connectivity index (χ0v) is 14.0. The smallest absolute Gasteiger partial charge is 0.303 e. The second kappa shape index (κ2) is 8.06. The van der Waals surface area contributed by atoms with E-state index in [2.05, 4.69) is 5.32 Å². The Kier molecular flexibility index (Phi) is 6.70. The van der Waals surface area contributed by atoms with Crippen LogP contribution < -0.4 is 11.1 Å². The molecule has 130 valence electrons. The highest BCUT2D eigenvalue weighted by Gasteiger charge is 2.50. The average Bonchev–Trinajstić information content (AvgIpc) is 2.36. The lowest BCUT2D eigenvalue weighted by Gasteiger charge is -2.43. The summed E-state index contributed by atoms with van der Waals surface area (Å²) in [6.07, 6.45) is -4.75. The van der Waals surface area contributed by atoms with Crippen LogP contribution in [0.25, 0.3) is 0 Å². The highest BCUT2D eigenvalue weighted by atomic mass is 32.1. The summed E-state index contributed by atoms with van der Waals surface area (Å²) in [5, 5.41) is 2.53. The minimum absolute atomic E-state index is 0.0909. The highest BCUT2D eigenvalue weighted by Crippen LogP contribution is 2.27. The van der Waals surface area contributed by atoms with Crippen molar-refractivity contribution in [3.05, 3.63) is 0 Å². The van der Waals surface area contributed by atoms with Crippen LogP contribution in [0.1, 0.15) is 27.7 Å².